The molecule has 0 atom stereocenters. The van der Waals surface area contributed by atoms with Crippen molar-refractivity contribution in [1.29, 1.82) is 0 Å². The molecular weight excluding hydrogens is 384 g/mol. The van der Waals surface area contributed by atoms with Gasteiger partial charge in [0.05, 0.1) is 17.6 Å². The first-order valence-electron chi connectivity index (χ1n) is 10.8. The maximum absolute atomic E-state index is 6.16. The first kappa shape index (κ1) is 20.7. The van der Waals surface area contributed by atoms with Gasteiger partial charge in [0.25, 0.3) is 0 Å². The number of rotatable bonds is 10. The number of para-hydroxylation sites is 3. The van der Waals surface area contributed by atoms with Gasteiger partial charge in [-0.1, -0.05) is 55.5 Å². The van der Waals surface area contributed by atoms with Crippen LogP contribution < -0.4 is 9.47 Å². The highest BCUT2D eigenvalue weighted by molar-refractivity contribution is 5.75. The van der Waals surface area contributed by atoms with E-state index in [0.29, 0.717) is 19.8 Å². The highest BCUT2D eigenvalue weighted by Gasteiger charge is 2.12. The second kappa shape index (κ2) is 9.98. The molecule has 0 aliphatic carbocycles. The van der Waals surface area contributed by atoms with Crippen molar-refractivity contribution in [2.24, 2.45) is 0 Å². The monoisotopic (exact) mass is 412 g/mol. The van der Waals surface area contributed by atoms with Gasteiger partial charge in [-0.15, -0.1) is 6.58 Å². The zero-order valence-electron chi connectivity index (χ0n) is 18.0. The largest absolute Gasteiger partial charge is 0.492 e. The van der Waals surface area contributed by atoms with E-state index in [1.54, 1.807) is 0 Å². The molecule has 3 aromatic carbocycles. The number of fused-ring (bicyclic) bond motifs is 1. The lowest BCUT2D eigenvalue weighted by molar-refractivity contribution is 0.271. The molecule has 31 heavy (non-hydrogen) atoms. The summed E-state index contributed by atoms with van der Waals surface area (Å²) in [6.07, 6.45) is 3.69. The molecule has 0 aliphatic rings. The van der Waals surface area contributed by atoms with Crippen molar-refractivity contribution >= 4 is 11.0 Å². The van der Waals surface area contributed by atoms with E-state index >= 15 is 0 Å². The number of hydrogen-bond donors (Lipinski definition) is 0. The Labute approximate surface area is 183 Å². The maximum atomic E-state index is 6.16. The van der Waals surface area contributed by atoms with Crippen LogP contribution in [0, 0.1) is 0 Å². The third-order valence-electron chi connectivity index (χ3n) is 5.34. The molecule has 0 N–H and O–H groups in total. The Morgan fingerprint density at radius 3 is 2.52 bits per heavy atom. The predicted octanol–water partition coefficient (Wildman–Crippen LogP) is 5.99. The van der Waals surface area contributed by atoms with Crippen molar-refractivity contribution in [1.82, 2.24) is 9.55 Å². The highest BCUT2D eigenvalue weighted by atomic mass is 16.5. The Morgan fingerprint density at radius 1 is 0.935 bits per heavy atom. The lowest BCUT2D eigenvalue weighted by atomic mass is 10.1. The van der Waals surface area contributed by atoms with Gasteiger partial charge >= 0.3 is 0 Å². The van der Waals surface area contributed by atoms with Crippen molar-refractivity contribution < 1.29 is 9.47 Å². The van der Waals surface area contributed by atoms with Crippen LogP contribution in [0.4, 0.5) is 0 Å². The lowest BCUT2D eigenvalue weighted by Crippen LogP contribution is -2.13. The summed E-state index contributed by atoms with van der Waals surface area (Å²) in [5, 5.41) is 0. The highest BCUT2D eigenvalue weighted by Crippen LogP contribution is 2.22. The molecule has 4 rings (SSSR count). The first-order valence-corrected chi connectivity index (χ1v) is 10.8. The van der Waals surface area contributed by atoms with Crippen molar-refractivity contribution in [3.63, 3.8) is 0 Å². The number of allylic oxidation sites excluding steroid dienone is 1. The summed E-state index contributed by atoms with van der Waals surface area (Å²) in [5.41, 5.74) is 4.49. The van der Waals surface area contributed by atoms with Gasteiger partial charge in [0.2, 0.25) is 0 Å². The first-order chi connectivity index (χ1) is 15.3. The molecule has 0 amide bonds. The lowest BCUT2D eigenvalue weighted by Gasteiger charge is -2.13. The van der Waals surface area contributed by atoms with Crippen molar-refractivity contribution in [3.8, 4) is 11.5 Å². The maximum Gasteiger partial charge on any atom is 0.148 e. The standard InChI is InChI=1S/C27H28N2O2/c1-3-9-22-10-5-8-13-26(22)31-20-27-28-24-11-6-7-12-25(24)29(27)18-19-30-23-16-14-21(4-2)15-17-23/h3,5-8,10-17H,1,4,9,18-20H2,2H3. The van der Waals surface area contributed by atoms with Crippen LogP contribution in [-0.4, -0.2) is 16.2 Å². The Kier molecular flexibility index (Phi) is 6.68. The van der Waals surface area contributed by atoms with Crippen molar-refractivity contribution in [3.05, 3.63) is 102 Å². The molecule has 4 aromatic rings. The minimum absolute atomic E-state index is 0.397. The van der Waals surface area contributed by atoms with E-state index in [0.717, 1.165) is 46.8 Å². The summed E-state index contributed by atoms with van der Waals surface area (Å²) in [6.45, 7) is 7.65. The van der Waals surface area contributed by atoms with E-state index < -0.39 is 0 Å². The fourth-order valence-corrected chi connectivity index (χ4v) is 3.67. The average molecular weight is 413 g/mol. The summed E-state index contributed by atoms with van der Waals surface area (Å²) in [4.78, 5) is 4.81. The molecule has 0 fully saturated rings. The zero-order chi connectivity index (χ0) is 21.5. The topological polar surface area (TPSA) is 36.3 Å². The number of aryl methyl sites for hydroxylation is 1. The summed E-state index contributed by atoms with van der Waals surface area (Å²) in [5.74, 6) is 2.64. The fourth-order valence-electron chi connectivity index (χ4n) is 3.67. The molecule has 0 bridgehead atoms. The molecule has 0 saturated carbocycles. The molecule has 1 aromatic heterocycles. The van der Waals surface area contributed by atoms with Crippen LogP contribution in [0.1, 0.15) is 23.9 Å². The molecule has 0 saturated heterocycles. The second-order valence-corrected chi connectivity index (χ2v) is 7.40. The molecule has 0 radical (unpaired) electrons. The van der Waals surface area contributed by atoms with Crippen molar-refractivity contribution in [2.45, 2.75) is 32.9 Å². The van der Waals surface area contributed by atoms with Crippen LogP contribution in [0.3, 0.4) is 0 Å². The molecule has 0 spiro atoms. The Balaban J connectivity index is 1.49. The van der Waals surface area contributed by atoms with E-state index in [1.165, 1.54) is 5.56 Å². The van der Waals surface area contributed by atoms with Gasteiger partial charge in [-0.3, -0.25) is 0 Å². The molecule has 4 nitrogen and oxygen atoms in total. The Bertz CT molecular complexity index is 1150. The van der Waals surface area contributed by atoms with Gasteiger partial charge in [0.15, 0.2) is 0 Å². The summed E-state index contributed by atoms with van der Waals surface area (Å²) in [6, 6.07) is 24.5. The minimum Gasteiger partial charge on any atom is -0.492 e. The molecular formula is C27H28N2O2. The number of aromatic nitrogens is 2. The normalized spacial score (nSPS) is 10.9. The van der Waals surface area contributed by atoms with E-state index in [-0.39, 0.29) is 0 Å². The van der Waals surface area contributed by atoms with Gasteiger partial charge < -0.3 is 14.0 Å². The zero-order valence-corrected chi connectivity index (χ0v) is 18.0. The van der Waals surface area contributed by atoms with Gasteiger partial charge in [-0.25, -0.2) is 4.98 Å². The molecule has 158 valence electrons. The SMILES string of the molecule is C=CCc1ccccc1OCc1nc2ccccc2n1CCOc1ccc(CC)cc1. The van der Waals surface area contributed by atoms with E-state index in [1.807, 2.05) is 54.6 Å². The summed E-state index contributed by atoms with van der Waals surface area (Å²) >= 11 is 0. The molecule has 4 heteroatoms. The van der Waals surface area contributed by atoms with Crippen LogP contribution in [0.2, 0.25) is 0 Å². The second-order valence-electron chi connectivity index (χ2n) is 7.40. The van der Waals surface area contributed by atoms with Gasteiger partial charge in [-0.05, 0) is 54.3 Å². The van der Waals surface area contributed by atoms with Crippen LogP contribution in [0.5, 0.6) is 11.5 Å². The number of hydrogen-bond acceptors (Lipinski definition) is 3. The number of imidazole rings is 1. The van der Waals surface area contributed by atoms with E-state index in [9.17, 15) is 0 Å². The number of ether oxygens (including phenoxy) is 2. The van der Waals surface area contributed by atoms with E-state index in [4.69, 9.17) is 14.5 Å². The quantitative estimate of drug-likeness (QED) is 0.300. The predicted molar refractivity (Wildman–Crippen MR) is 126 cm³/mol. The van der Waals surface area contributed by atoms with Crippen LogP contribution in [0.15, 0.2) is 85.5 Å². The van der Waals surface area contributed by atoms with Gasteiger partial charge in [0, 0.05) is 0 Å². The van der Waals surface area contributed by atoms with Crippen LogP contribution in [0.25, 0.3) is 11.0 Å². The Hall–Kier alpha value is -3.53. The molecule has 1 heterocycles. The van der Waals surface area contributed by atoms with Crippen LogP contribution >= 0.6 is 0 Å². The number of nitrogens with zero attached hydrogens (tertiary/aromatic N) is 2. The van der Waals surface area contributed by atoms with E-state index in [2.05, 4.69) is 42.3 Å². The minimum atomic E-state index is 0.397. The third-order valence-corrected chi connectivity index (χ3v) is 5.34. The third kappa shape index (κ3) is 4.97. The fraction of sp³-hybridized carbons (Fsp3) is 0.222. The summed E-state index contributed by atoms with van der Waals surface area (Å²) in [7, 11) is 0. The smallest absolute Gasteiger partial charge is 0.148 e. The molecule has 0 unspecified atom stereocenters. The number of benzene rings is 3. The Morgan fingerprint density at radius 2 is 1.71 bits per heavy atom. The van der Waals surface area contributed by atoms with Crippen LogP contribution in [-0.2, 0) is 26.0 Å². The summed E-state index contributed by atoms with van der Waals surface area (Å²) < 4.78 is 14.3. The van der Waals surface area contributed by atoms with Crippen molar-refractivity contribution in [2.75, 3.05) is 6.61 Å². The van der Waals surface area contributed by atoms with Gasteiger partial charge in [-0.2, -0.15) is 0 Å². The van der Waals surface area contributed by atoms with Gasteiger partial charge in [0.1, 0.15) is 30.5 Å². The average Bonchev–Trinajstić information content (AvgIpc) is 3.17. The molecule has 0 aliphatic heterocycles.